The zero-order valence-corrected chi connectivity index (χ0v) is 21.5. The summed E-state index contributed by atoms with van der Waals surface area (Å²) < 4.78 is 1.09. The number of carbonyl (C=O) groups excluding carboxylic acids is 3. The summed E-state index contributed by atoms with van der Waals surface area (Å²) in [6.07, 6.45) is 2.78. The molecule has 1 saturated heterocycles. The van der Waals surface area contributed by atoms with Crippen molar-refractivity contribution in [2.45, 2.75) is 71.1 Å². The second-order valence-electron chi connectivity index (χ2n) is 10.7. The number of rotatable bonds is 6. The van der Waals surface area contributed by atoms with Gasteiger partial charge in [0.1, 0.15) is 6.04 Å². The monoisotopic (exact) mass is 484 g/mol. The molecule has 3 amide bonds. The van der Waals surface area contributed by atoms with E-state index in [0.717, 1.165) is 29.3 Å². The fraction of sp³-hybridized carbons (Fsp3) is 0.577. The van der Waals surface area contributed by atoms with Gasteiger partial charge in [-0.2, -0.15) is 0 Å². The van der Waals surface area contributed by atoms with Crippen LogP contribution in [0.15, 0.2) is 29.6 Å². The standard InChI is InChI=1S/C26H36N4O3S/c1-15(27-5)23(31)29-22(26(2,3)4)25(33)30-13-12-16-10-11-19(21(16)30)28-24(32)18-14-34-20-9-7-6-8-17(18)20/h6-9,14-16,19,21-22,27H,10-13H2,1-5H3,(H,28,32)(H,29,31)/t15-,16+,19-,21-,22+/m0/s1. The highest BCUT2D eigenvalue weighted by Gasteiger charge is 2.49. The first kappa shape index (κ1) is 24.7. The molecule has 1 aliphatic heterocycles. The van der Waals surface area contributed by atoms with E-state index in [2.05, 4.69) is 16.0 Å². The predicted octanol–water partition coefficient (Wildman–Crippen LogP) is 3.15. The van der Waals surface area contributed by atoms with Gasteiger partial charge < -0.3 is 20.9 Å². The summed E-state index contributed by atoms with van der Waals surface area (Å²) in [4.78, 5) is 41.6. The molecule has 34 heavy (non-hydrogen) atoms. The largest absolute Gasteiger partial charge is 0.347 e. The predicted molar refractivity (Wildman–Crippen MR) is 136 cm³/mol. The maximum Gasteiger partial charge on any atom is 0.253 e. The molecule has 184 valence electrons. The fourth-order valence-electron chi connectivity index (χ4n) is 5.33. The van der Waals surface area contributed by atoms with Gasteiger partial charge in [-0.1, -0.05) is 39.0 Å². The molecule has 0 bridgehead atoms. The number of fused-ring (bicyclic) bond motifs is 2. The Labute approximate surface area is 205 Å². The van der Waals surface area contributed by atoms with Crippen molar-refractivity contribution >= 4 is 39.1 Å². The molecule has 1 aromatic heterocycles. The van der Waals surface area contributed by atoms with Crippen molar-refractivity contribution in [3.05, 3.63) is 35.2 Å². The molecule has 0 spiro atoms. The quantitative estimate of drug-likeness (QED) is 0.588. The third kappa shape index (κ3) is 4.70. The topological polar surface area (TPSA) is 90.5 Å². The van der Waals surface area contributed by atoms with Gasteiger partial charge in [-0.25, -0.2) is 0 Å². The van der Waals surface area contributed by atoms with Gasteiger partial charge in [0.25, 0.3) is 5.91 Å². The number of nitrogens with one attached hydrogen (secondary N) is 3. The maximum atomic E-state index is 13.8. The van der Waals surface area contributed by atoms with Crippen LogP contribution >= 0.6 is 11.3 Å². The molecule has 4 rings (SSSR count). The van der Waals surface area contributed by atoms with Crippen LogP contribution in [-0.4, -0.2) is 60.4 Å². The number of hydrogen-bond acceptors (Lipinski definition) is 5. The molecule has 1 aliphatic carbocycles. The van der Waals surface area contributed by atoms with Crippen molar-refractivity contribution in [2.75, 3.05) is 13.6 Å². The Bertz CT molecular complexity index is 1080. The normalized spacial score (nSPS) is 24.0. The van der Waals surface area contributed by atoms with Gasteiger partial charge in [-0.05, 0) is 50.6 Å². The highest BCUT2D eigenvalue weighted by atomic mass is 32.1. The third-order valence-corrected chi connectivity index (χ3v) is 8.36. The smallest absolute Gasteiger partial charge is 0.253 e. The summed E-state index contributed by atoms with van der Waals surface area (Å²) in [5.74, 6) is 0.0536. The lowest BCUT2D eigenvalue weighted by atomic mass is 9.85. The number of likely N-dealkylation sites (tertiary alicyclic amines) is 1. The van der Waals surface area contributed by atoms with E-state index in [0.29, 0.717) is 18.0 Å². The minimum atomic E-state index is -0.632. The summed E-state index contributed by atoms with van der Waals surface area (Å²) >= 11 is 1.57. The first-order valence-corrected chi connectivity index (χ1v) is 13.0. The SMILES string of the molecule is CN[C@@H](C)C(=O)N[C@H](C(=O)N1CC[C@H]2CC[C@H](NC(=O)c3csc4ccccc34)[C@H]21)C(C)(C)C. The van der Waals surface area contributed by atoms with Gasteiger partial charge in [-0.3, -0.25) is 14.4 Å². The second-order valence-corrected chi connectivity index (χ2v) is 11.6. The Morgan fingerprint density at radius 3 is 2.56 bits per heavy atom. The Hall–Kier alpha value is -2.45. The van der Waals surface area contributed by atoms with E-state index < -0.39 is 11.5 Å². The van der Waals surface area contributed by atoms with Crippen LogP contribution in [0.25, 0.3) is 10.1 Å². The molecule has 2 fully saturated rings. The van der Waals surface area contributed by atoms with Crippen molar-refractivity contribution in [1.29, 1.82) is 0 Å². The number of benzene rings is 1. The van der Waals surface area contributed by atoms with Crippen molar-refractivity contribution in [3.63, 3.8) is 0 Å². The highest BCUT2D eigenvalue weighted by molar-refractivity contribution is 7.17. The van der Waals surface area contributed by atoms with Crippen LogP contribution in [0.5, 0.6) is 0 Å². The van der Waals surface area contributed by atoms with Crippen LogP contribution in [0.4, 0.5) is 0 Å². The second kappa shape index (κ2) is 9.66. The molecular formula is C26H36N4O3S. The van der Waals surface area contributed by atoms with Gasteiger partial charge in [-0.15, -0.1) is 11.3 Å². The highest BCUT2D eigenvalue weighted by Crippen LogP contribution is 2.39. The van der Waals surface area contributed by atoms with Gasteiger partial charge in [0.15, 0.2) is 0 Å². The molecule has 1 saturated carbocycles. The molecule has 7 nitrogen and oxygen atoms in total. The Kier molecular flexibility index (Phi) is 7.01. The van der Waals surface area contributed by atoms with Crippen LogP contribution in [0.1, 0.15) is 57.3 Å². The van der Waals surface area contributed by atoms with Crippen molar-refractivity contribution < 1.29 is 14.4 Å². The summed E-state index contributed by atoms with van der Waals surface area (Å²) in [7, 11) is 1.73. The maximum absolute atomic E-state index is 13.8. The Morgan fingerprint density at radius 1 is 1.12 bits per heavy atom. The third-order valence-electron chi connectivity index (χ3n) is 7.40. The van der Waals surface area contributed by atoms with Crippen LogP contribution in [0.2, 0.25) is 0 Å². The van der Waals surface area contributed by atoms with Gasteiger partial charge >= 0.3 is 0 Å². The number of carbonyl (C=O) groups is 3. The lowest BCUT2D eigenvalue weighted by Gasteiger charge is -2.37. The van der Waals surface area contributed by atoms with Crippen molar-refractivity contribution in [3.8, 4) is 0 Å². The minimum Gasteiger partial charge on any atom is -0.347 e. The van der Waals surface area contributed by atoms with Gasteiger partial charge in [0.2, 0.25) is 11.8 Å². The number of likely N-dealkylation sites (N-methyl/N-ethyl adjacent to an activating group) is 1. The van der Waals surface area contributed by atoms with E-state index >= 15 is 0 Å². The Balaban J connectivity index is 1.52. The van der Waals surface area contributed by atoms with Crippen LogP contribution < -0.4 is 16.0 Å². The molecule has 2 aromatic rings. The zero-order chi connectivity index (χ0) is 24.6. The van der Waals surface area contributed by atoms with E-state index in [1.165, 1.54) is 0 Å². The van der Waals surface area contributed by atoms with E-state index in [4.69, 9.17) is 0 Å². The fourth-order valence-corrected chi connectivity index (χ4v) is 6.27. The van der Waals surface area contributed by atoms with E-state index in [1.54, 1.807) is 25.3 Å². The van der Waals surface area contributed by atoms with Gasteiger partial charge in [0.05, 0.1) is 17.6 Å². The lowest BCUT2D eigenvalue weighted by Crippen LogP contribution is -2.60. The van der Waals surface area contributed by atoms with Crippen molar-refractivity contribution in [2.24, 2.45) is 11.3 Å². The average molecular weight is 485 g/mol. The summed E-state index contributed by atoms with van der Waals surface area (Å²) in [6.45, 7) is 8.36. The number of thiophene rings is 1. The van der Waals surface area contributed by atoms with Crippen LogP contribution in [-0.2, 0) is 9.59 Å². The lowest BCUT2D eigenvalue weighted by molar-refractivity contribution is -0.141. The molecule has 0 unspecified atom stereocenters. The van der Waals surface area contributed by atoms with Gasteiger partial charge in [0, 0.05) is 28.1 Å². The number of amides is 3. The molecule has 8 heteroatoms. The molecular weight excluding hydrogens is 448 g/mol. The molecule has 0 radical (unpaired) electrons. The number of hydrogen-bond donors (Lipinski definition) is 3. The first-order valence-electron chi connectivity index (χ1n) is 12.2. The molecule has 2 aliphatic rings. The summed E-state index contributed by atoms with van der Waals surface area (Å²) in [5.41, 5.74) is 0.256. The minimum absolute atomic E-state index is 0.0372. The van der Waals surface area contributed by atoms with Crippen LogP contribution in [0.3, 0.4) is 0 Å². The molecule has 1 aromatic carbocycles. The van der Waals surface area contributed by atoms with Crippen LogP contribution in [0, 0.1) is 11.3 Å². The summed E-state index contributed by atoms with van der Waals surface area (Å²) in [6, 6.07) is 6.79. The first-order chi connectivity index (χ1) is 16.1. The van der Waals surface area contributed by atoms with E-state index in [1.807, 2.05) is 55.3 Å². The van der Waals surface area contributed by atoms with Crippen molar-refractivity contribution in [1.82, 2.24) is 20.9 Å². The summed E-state index contributed by atoms with van der Waals surface area (Å²) in [5, 5.41) is 12.1. The molecule has 2 heterocycles. The molecule has 3 N–H and O–H groups in total. The number of nitrogens with zero attached hydrogens (tertiary/aromatic N) is 1. The average Bonchev–Trinajstić information content (AvgIpc) is 3.51. The Morgan fingerprint density at radius 2 is 1.85 bits per heavy atom. The van der Waals surface area contributed by atoms with E-state index in [-0.39, 0.29) is 35.8 Å². The molecule has 5 atom stereocenters. The van der Waals surface area contributed by atoms with E-state index in [9.17, 15) is 14.4 Å². The zero-order valence-electron chi connectivity index (χ0n) is 20.7.